The van der Waals surface area contributed by atoms with Crippen molar-refractivity contribution < 1.29 is 0 Å². The van der Waals surface area contributed by atoms with E-state index in [-0.39, 0.29) is 0 Å². The molecule has 0 aromatic heterocycles. The Kier molecular flexibility index (Phi) is 6.01. The number of hydrogen-bond acceptors (Lipinski definition) is 2. The molecule has 0 N–H and O–H groups in total. The van der Waals surface area contributed by atoms with Crippen LogP contribution in [0.15, 0.2) is 4.74 Å². The van der Waals surface area contributed by atoms with E-state index in [1.165, 1.54) is 38.5 Å². The molecule has 1 aliphatic heterocycles. The molecule has 0 unspecified atom stereocenters. The van der Waals surface area contributed by atoms with Gasteiger partial charge in [-0.25, -0.2) is 4.74 Å². The van der Waals surface area contributed by atoms with Crippen molar-refractivity contribution in [3.05, 3.63) is 0 Å². The van der Waals surface area contributed by atoms with E-state index in [4.69, 9.17) is 17.0 Å². The van der Waals surface area contributed by atoms with Gasteiger partial charge >= 0.3 is 0 Å². The smallest absolute Gasteiger partial charge is 0.196 e. The lowest BCUT2D eigenvalue weighted by Crippen LogP contribution is -2.54. The molecule has 0 spiro atoms. The average Bonchev–Trinajstić information content (AvgIpc) is 2.64. The molecule has 5 nitrogen and oxygen atoms in total. The first-order valence-electron chi connectivity index (χ1n) is 11.3. The fourth-order valence-corrected chi connectivity index (χ4v) is 12.7. The fourth-order valence-electron chi connectivity index (χ4n) is 7.36. The molecule has 160 valence electrons. The zero-order chi connectivity index (χ0) is 20.1. The van der Waals surface area contributed by atoms with Crippen molar-refractivity contribution in [3.63, 3.8) is 0 Å². The summed E-state index contributed by atoms with van der Waals surface area (Å²) in [5.41, 5.74) is 0. The van der Waals surface area contributed by atoms with E-state index in [0.717, 1.165) is 55.6 Å². The molecule has 5 aliphatic rings. The molecule has 0 amide bonds. The highest BCUT2D eigenvalue weighted by molar-refractivity contribution is 7.81. The summed E-state index contributed by atoms with van der Waals surface area (Å²) in [4.78, 5) is 4.89. The molecule has 1 saturated heterocycles. The van der Waals surface area contributed by atoms with Crippen LogP contribution >= 0.6 is 19.6 Å². The van der Waals surface area contributed by atoms with Crippen molar-refractivity contribution in [2.24, 2.45) is 22.5 Å². The third-order valence-corrected chi connectivity index (χ3v) is 13.1. The van der Waals surface area contributed by atoms with Crippen LogP contribution in [-0.4, -0.2) is 90.3 Å². The molecular weight excluding hydrogens is 385 g/mol. The first-order valence-corrected chi connectivity index (χ1v) is 13.3. The van der Waals surface area contributed by atoms with Crippen molar-refractivity contribution in [3.8, 4) is 0 Å². The second-order valence-corrected chi connectivity index (χ2v) is 14.5. The Bertz CT molecular complexity index is 606. The van der Waals surface area contributed by atoms with Crippen LogP contribution in [0.2, 0.25) is 0 Å². The van der Waals surface area contributed by atoms with Crippen LogP contribution < -0.4 is 0 Å². The third kappa shape index (κ3) is 3.41. The van der Waals surface area contributed by atoms with Crippen LogP contribution in [-0.2, 0) is 0 Å². The molecule has 28 heavy (non-hydrogen) atoms. The molecule has 4 bridgehead atoms. The highest BCUT2D eigenvalue weighted by atomic mass is 32.1. The molecule has 4 aliphatic carbocycles. The molecule has 0 aromatic carbocycles. The van der Waals surface area contributed by atoms with Gasteiger partial charge in [0, 0.05) is 31.3 Å². The normalized spacial score (nSPS) is 35.8. The lowest BCUT2D eigenvalue weighted by molar-refractivity contribution is 0.0307. The Balaban J connectivity index is 1.69. The highest BCUT2D eigenvalue weighted by Crippen LogP contribution is 2.75. The van der Waals surface area contributed by atoms with Crippen molar-refractivity contribution in [1.29, 1.82) is 0 Å². The molecule has 4 saturated carbocycles. The number of nitrogens with zero attached hydrogens (tertiary/aromatic N) is 5. The zero-order valence-corrected chi connectivity index (χ0v) is 20.3. The molecular formula is C21H40N5PS. The van der Waals surface area contributed by atoms with Crippen LogP contribution in [0.1, 0.15) is 45.4 Å². The minimum atomic E-state index is -1.89. The minimum absolute atomic E-state index is 0.351. The first kappa shape index (κ1) is 21.2. The standard InChI is InChI=1S/C21H40N5PS/c1-6-25-7-9-26(10-8-25)20(28)22-27(23(2)3,24(4)5)21-14-17-11-18(15-21)13-19(12-17)16-21/h17-19H,6-16H2,1-5H3. The number of rotatable bonds is 4. The Morgan fingerprint density at radius 1 is 0.929 bits per heavy atom. The van der Waals surface area contributed by atoms with Gasteiger partial charge in [0.25, 0.3) is 0 Å². The quantitative estimate of drug-likeness (QED) is 0.500. The fraction of sp³-hybridized carbons (Fsp3) is 0.952. The Morgan fingerprint density at radius 3 is 1.79 bits per heavy atom. The lowest BCUT2D eigenvalue weighted by Gasteiger charge is -2.63. The summed E-state index contributed by atoms with van der Waals surface area (Å²) in [6.07, 6.45) is 8.55. The van der Waals surface area contributed by atoms with E-state index in [1.807, 2.05) is 0 Å². The largest absolute Gasteiger partial charge is 0.345 e. The summed E-state index contributed by atoms with van der Waals surface area (Å²) < 4.78 is 10.6. The average molecular weight is 426 g/mol. The van der Waals surface area contributed by atoms with Gasteiger partial charge < -0.3 is 9.80 Å². The van der Waals surface area contributed by atoms with Gasteiger partial charge in [-0.1, -0.05) is 6.92 Å². The molecule has 0 radical (unpaired) electrons. The predicted octanol–water partition coefficient (Wildman–Crippen LogP) is 4.03. The van der Waals surface area contributed by atoms with Crippen LogP contribution in [0.3, 0.4) is 0 Å². The Hall–Kier alpha value is 0.0000000000000000139. The Morgan fingerprint density at radius 2 is 1.39 bits per heavy atom. The topological polar surface area (TPSA) is 25.3 Å². The monoisotopic (exact) mass is 425 g/mol. The van der Waals surface area contributed by atoms with Gasteiger partial charge in [-0.3, -0.25) is 9.34 Å². The van der Waals surface area contributed by atoms with E-state index in [0.29, 0.717) is 5.16 Å². The number of likely N-dealkylation sites (N-methyl/N-ethyl adjacent to an activating group) is 1. The summed E-state index contributed by atoms with van der Waals surface area (Å²) in [5.74, 6) is 2.80. The van der Waals surface area contributed by atoms with E-state index >= 15 is 0 Å². The summed E-state index contributed by atoms with van der Waals surface area (Å²) in [7, 11) is 7.20. The van der Waals surface area contributed by atoms with Gasteiger partial charge in [-0.2, -0.15) is 0 Å². The zero-order valence-electron chi connectivity index (χ0n) is 18.6. The highest BCUT2D eigenvalue weighted by Gasteiger charge is 2.59. The molecule has 0 atom stereocenters. The van der Waals surface area contributed by atoms with Gasteiger partial charge in [0.1, 0.15) is 7.36 Å². The predicted molar refractivity (Wildman–Crippen MR) is 124 cm³/mol. The SMILES string of the molecule is CCN1CCN(C(=S)N=P(N(C)C)(N(C)C)C23CC4CC(CC(C4)C2)C3)CC1. The number of piperazine rings is 1. The second-order valence-electron chi connectivity index (χ2n) is 10.2. The summed E-state index contributed by atoms with van der Waals surface area (Å²) in [6.45, 7) is 7.66. The van der Waals surface area contributed by atoms with Gasteiger partial charge in [0.2, 0.25) is 0 Å². The summed E-state index contributed by atoms with van der Waals surface area (Å²) in [5, 5.41) is 1.23. The van der Waals surface area contributed by atoms with Crippen LogP contribution in [0.25, 0.3) is 0 Å². The number of thiocarbonyl (C=S) groups is 1. The molecule has 7 heteroatoms. The van der Waals surface area contributed by atoms with Crippen molar-refractivity contribution >= 4 is 24.7 Å². The van der Waals surface area contributed by atoms with Crippen molar-refractivity contribution in [1.82, 2.24) is 19.1 Å². The number of hydrogen-bond donors (Lipinski definition) is 0. The maximum atomic E-state index is 6.01. The molecule has 0 aromatic rings. The van der Waals surface area contributed by atoms with Crippen LogP contribution in [0, 0.1) is 17.8 Å². The van der Waals surface area contributed by atoms with Crippen molar-refractivity contribution in [2.75, 3.05) is 60.9 Å². The second kappa shape index (κ2) is 7.92. The molecule has 5 rings (SSSR count). The van der Waals surface area contributed by atoms with Crippen molar-refractivity contribution in [2.45, 2.75) is 50.6 Å². The van der Waals surface area contributed by atoms with Gasteiger partial charge in [0.05, 0.1) is 0 Å². The minimum Gasteiger partial charge on any atom is -0.345 e. The molecule has 5 fully saturated rings. The maximum absolute atomic E-state index is 6.01. The summed E-state index contributed by atoms with van der Waals surface area (Å²) >= 11 is 6.01. The van der Waals surface area contributed by atoms with Gasteiger partial charge in [0.15, 0.2) is 5.11 Å². The van der Waals surface area contributed by atoms with Crippen LogP contribution in [0.4, 0.5) is 0 Å². The van der Waals surface area contributed by atoms with Crippen LogP contribution in [0.5, 0.6) is 0 Å². The van der Waals surface area contributed by atoms with E-state index in [2.05, 4.69) is 54.3 Å². The first-order chi connectivity index (χ1) is 13.3. The van der Waals surface area contributed by atoms with Gasteiger partial charge in [-0.15, -0.1) is 0 Å². The van der Waals surface area contributed by atoms with Gasteiger partial charge in [-0.05, 0) is 103 Å². The summed E-state index contributed by atoms with van der Waals surface area (Å²) in [6, 6.07) is 0. The van der Waals surface area contributed by atoms with E-state index in [9.17, 15) is 0 Å². The lowest BCUT2D eigenvalue weighted by atomic mass is 9.56. The van der Waals surface area contributed by atoms with E-state index < -0.39 is 7.36 Å². The van der Waals surface area contributed by atoms with E-state index in [1.54, 1.807) is 0 Å². The Labute approximate surface area is 178 Å². The maximum Gasteiger partial charge on any atom is 0.196 e. The molecule has 1 heterocycles. The third-order valence-electron chi connectivity index (χ3n) is 8.07.